The van der Waals surface area contributed by atoms with Crippen molar-refractivity contribution < 1.29 is 13.2 Å². The first-order valence-corrected chi connectivity index (χ1v) is 5.03. The molecule has 1 aromatic carbocycles. The van der Waals surface area contributed by atoms with Crippen molar-refractivity contribution in [3.63, 3.8) is 0 Å². The number of hydrogen-bond donors (Lipinski definition) is 1. The third kappa shape index (κ3) is 1.74. The summed E-state index contributed by atoms with van der Waals surface area (Å²) in [7, 11) is 0. The molecule has 0 fully saturated rings. The van der Waals surface area contributed by atoms with Crippen LogP contribution >= 0.6 is 0 Å². The van der Waals surface area contributed by atoms with Crippen molar-refractivity contribution in [2.45, 2.75) is 31.7 Å². The molecule has 0 amide bonds. The van der Waals surface area contributed by atoms with Gasteiger partial charge in [0.15, 0.2) is 11.6 Å². The highest BCUT2D eigenvalue weighted by atomic mass is 19.2. The molecule has 1 aromatic rings. The minimum Gasteiger partial charge on any atom is -0.324 e. The fourth-order valence-electron chi connectivity index (χ4n) is 2.10. The molecule has 0 saturated heterocycles. The molecule has 0 aliphatic heterocycles. The standard InChI is InChI=1S/C11H12F3N/c12-7-5-8(13)11(14)10-6(7)3-1-2-4-9(10)15/h5,9H,1-4,15H2. The Balaban J connectivity index is 2.63. The average molecular weight is 215 g/mol. The summed E-state index contributed by atoms with van der Waals surface area (Å²) >= 11 is 0. The molecule has 0 spiro atoms. The van der Waals surface area contributed by atoms with Crippen LogP contribution in [0.15, 0.2) is 6.07 Å². The number of rotatable bonds is 0. The number of halogens is 3. The van der Waals surface area contributed by atoms with E-state index in [9.17, 15) is 13.2 Å². The minimum absolute atomic E-state index is 0.0324. The van der Waals surface area contributed by atoms with Crippen LogP contribution in [0.25, 0.3) is 0 Å². The van der Waals surface area contributed by atoms with Crippen molar-refractivity contribution in [1.29, 1.82) is 0 Å². The molecule has 1 unspecified atom stereocenters. The molecule has 2 rings (SSSR count). The predicted octanol–water partition coefficient (Wildman–Crippen LogP) is 2.83. The molecule has 1 aliphatic rings. The van der Waals surface area contributed by atoms with Gasteiger partial charge in [0, 0.05) is 17.7 Å². The molecule has 0 radical (unpaired) electrons. The van der Waals surface area contributed by atoms with Crippen LogP contribution in [0.3, 0.4) is 0 Å². The first-order chi connectivity index (χ1) is 7.11. The van der Waals surface area contributed by atoms with Gasteiger partial charge >= 0.3 is 0 Å². The van der Waals surface area contributed by atoms with Crippen molar-refractivity contribution in [3.8, 4) is 0 Å². The third-order valence-electron chi connectivity index (χ3n) is 2.88. The lowest BCUT2D eigenvalue weighted by atomic mass is 9.98. The van der Waals surface area contributed by atoms with Crippen LogP contribution in [-0.2, 0) is 6.42 Å². The zero-order valence-electron chi connectivity index (χ0n) is 8.19. The molecule has 0 bridgehead atoms. The van der Waals surface area contributed by atoms with E-state index in [2.05, 4.69) is 0 Å². The largest absolute Gasteiger partial charge is 0.324 e. The van der Waals surface area contributed by atoms with Gasteiger partial charge in [-0.15, -0.1) is 0 Å². The number of nitrogens with two attached hydrogens (primary N) is 1. The molecule has 1 nitrogen and oxygen atoms in total. The van der Waals surface area contributed by atoms with E-state index in [-0.39, 0.29) is 11.1 Å². The summed E-state index contributed by atoms with van der Waals surface area (Å²) in [4.78, 5) is 0. The van der Waals surface area contributed by atoms with Crippen LogP contribution in [0, 0.1) is 17.5 Å². The van der Waals surface area contributed by atoms with Gasteiger partial charge in [-0.2, -0.15) is 0 Å². The minimum atomic E-state index is -1.15. The van der Waals surface area contributed by atoms with Gasteiger partial charge in [0.1, 0.15) is 5.82 Å². The highest BCUT2D eigenvalue weighted by molar-refractivity contribution is 5.34. The van der Waals surface area contributed by atoms with Crippen LogP contribution < -0.4 is 5.73 Å². The SMILES string of the molecule is NC1CCCCc2c(F)cc(F)c(F)c21. The molecule has 1 aliphatic carbocycles. The average Bonchev–Trinajstić information content (AvgIpc) is 2.37. The van der Waals surface area contributed by atoms with Crippen LogP contribution in [-0.4, -0.2) is 0 Å². The molecule has 15 heavy (non-hydrogen) atoms. The Kier molecular flexibility index (Phi) is 2.69. The van der Waals surface area contributed by atoms with E-state index in [1.807, 2.05) is 0 Å². The third-order valence-corrected chi connectivity index (χ3v) is 2.88. The first kappa shape index (κ1) is 10.5. The molecule has 0 aromatic heterocycles. The Bertz CT molecular complexity index is 390. The fraction of sp³-hybridized carbons (Fsp3) is 0.455. The molecular weight excluding hydrogens is 203 g/mol. The molecule has 4 heteroatoms. The molecule has 0 heterocycles. The lowest BCUT2D eigenvalue weighted by Gasteiger charge is -2.14. The maximum absolute atomic E-state index is 13.5. The number of fused-ring (bicyclic) bond motifs is 1. The van der Waals surface area contributed by atoms with E-state index < -0.39 is 23.5 Å². The lowest BCUT2D eigenvalue weighted by Crippen LogP contribution is -2.15. The summed E-state index contributed by atoms with van der Waals surface area (Å²) in [5, 5.41) is 0. The zero-order chi connectivity index (χ0) is 11.0. The van der Waals surface area contributed by atoms with Crippen LogP contribution in [0.5, 0.6) is 0 Å². The zero-order valence-corrected chi connectivity index (χ0v) is 8.19. The Labute approximate surface area is 86.1 Å². The summed E-state index contributed by atoms with van der Waals surface area (Å²) in [5.41, 5.74) is 5.99. The summed E-state index contributed by atoms with van der Waals surface area (Å²) in [6, 6.07) is 0.0133. The van der Waals surface area contributed by atoms with E-state index in [4.69, 9.17) is 5.73 Å². The second-order valence-corrected chi connectivity index (χ2v) is 3.90. The maximum atomic E-state index is 13.5. The summed E-state index contributed by atoms with van der Waals surface area (Å²) < 4.78 is 39.9. The van der Waals surface area contributed by atoms with Gasteiger partial charge in [-0.3, -0.25) is 0 Å². The summed E-state index contributed by atoms with van der Waals surface area (Å²) in [6.45, 7) is 0. The van der Waals surface area contributed by atoms with Gasteiger partial charge < -0.3 is 5.73 Å². The summed E-state index contributed by atoms with van der Waals surface area (Å²) in [5.74, 6) is -2.81. The quantitative estimate of drug-likeness (QED) is 0.522. The maximum Gasteiger partial charge on any atom is 0.164 e. The summed E-state index contributed by atoms with van der Waals surface area (Å²) in [6.07, 6.45) is 2.60. The van der Waals surface area contributed by atoms with Gasteiger partial charge in [0.05, 0.1) is 0 Å². The van der Waals surface area contributed by atoms with Gasteiger partial charge in [0.25, 0.3) is 0 Å². The van der Waals surface area contributed by atoms with Gasteiger partial charge in [-0.05, 0) is 24.8 Å². The second-order valence-electron chi connectivity index (χ2n) is 3.90. The number of hydrogen-bond acceptors (Lipinski definition) is 1. The first-order valence-electron chi connectivity index (χ1n) is 5.03. The molecule has 2 N–H and O–H groups in total. The van der Waals surface area contributed by atoms with Crippen LogP contribution in [0.1, 0.15) is 36.4 Å². The lowest BCUT2D eigenvalue weighted by molar-refractivity contribution is 0.469. The van der Waals surface area contributed by atoms with Crippen molar-refractivity contribution in [1.82, 2.24) is 0 Å². The van der Waals surface area contributed by atoms with Crippen molar-refractivity contribution >= 4 is 0 Å². The Hall–Kier alpha value is -1.03. The molecule has 0 saturated carbocycles. The van der Waals surface area contributed by atoms with Crippen molar-refractivity contribution in [2.24, 2.45) is 5.73 Å². The van der Waals surface area contributed by atoms with Crippen LogP contribution in [0.2, 0.25) is 0 Å². The smallest absolute Gasteiger partial charge is 0.164 e. The Morgan fingerprint density at radius 1 is 1.13 bits per heavy atom. The molecular formula is C11H12F3N. The highest BCUT2D eigenvalue weighted by Crippen LogP contribution is 2.32. The van der Waals surface area contributed by atoms with Gasteiger partial charge in [-0.1, -0.05) is 6.42 Å². The normalized spacial score (nSPS) is 20.9. The monoisotopic (exact) mass is 215 g/mol. The van der Waals surface area contributed by atoms with Gasteiger partial charge in [0.2, 0.25) is 0 Å². The van der Waals surface area contributed by atoms with E-state index in [0.717, 1.165) is 12.8 Å². The van der Waals surface area contributed by atoms with E-state index in [1.165, 1.54) is 0 Å². The number of benzene rings is 1. The van der Waals surface area contributed by atoms with Crippen LogP contribution in [0.4, 0.5) is 13.2 Å². The van der Waals surface area contributed by atoms with E-state index >= 15 is 0 Å². The predicted molar refractivity (Wildman–Crippen MR) is 50.8 cm³/mol. The van der Waals surface area contributed by atoms with E-state index in [0.29, 0.717) is 18.9 Å². The molecule has 1 atom stereocenters. The molecule has 82 valence electrons. The Morgan fingerprint density at radius 3 is 2.60 bits per heavy atom. The second kappa shape index (κ2) is 3.85. The van der Waals surface area contributed by atoms with Crippen molar-refractivity contribution in [3.05, 3.63) is 34.6 Å². The van der Waals surface area contributed by atoms with Crippen molar-refractivity contribution in [2.75, 3.05) is 0 Å². The highest BCUT2D eigenvalue weighted by Gasteiger charge is 2.24. The Morgan fingerprint density at radius 2 is 1.87 bits per heavy atom. The van der Waals surface area contributed by atoms with E-state index in [1.54, 1.807) is 0 Å². The fourth-order valence-corrected chi connectivity index (χ4v) is 2.10. The van der Waals surface area contributed by atoms with Gasteiger partial charge in [-0.25, -0.2) is 13.2 Å². The topological polar surface area (TPSA) is 26.0 Å².